The fraction of sp³-hybridized carbons (Fsp3) is 0.381. The van der Waals surface area contributed by atoms with E-state index in [-0.39, 0.29) is 33.2 Å². The van der Waals surface area contributed by atoms with Gasteiger partial charge in [-0.15, -0.1) is 10.2 Å². The zero-order chi connectivity index (χ0) is 38.1. The standard InChI is InChI=1S/C42H48Br2N4O3/c1-39(2,3)29-17-25(18-30(37(29)49)40(4,5)6)23-45-47-35-21-27(13-15-33(35)43)51-28-14-16-34(44)36(22-28)48-46-24-26-19-31(41(7,8)9)38(50)32(20-26)42(10,11)12/h13-24H,1-12H3. The van der Waals surface area contributed by atoms with Crippen LogP contribution < -0.4 is 4.74 Å². The molecule has 51 heavy (non-hydrogen) atoms. The second kappa shape index (κ2) is 15.0. The Hall–Kier alpha value is -3.82. The monoisotopic (exact) mass is 814 g/mol. The molecule has 0 atom stereocenters. The Kier molecular flexibility index (Phi) is 11.8. The summed E-state index contributed by atoms with van der Waals surface area (Å²) in [7, 11) is 0. The molecule has 0 bridgehead atoms. The van der Waals surface area contributed by atoms with Crippen LogP contribution in [-0.4, -0.2) is 11.6 Å². The number of hydrogen-bond acceptors (Lipinski definition) is 7. The van der Waals surface area contributed by atoms with Crippen molar-refractivity contribution < 1.29 is 14.3 Å². The van der Waals surface area contributed by atoms with Gasteiger partial charge in [0.15, 0.2) is 11.6 Å². The molecule has 268 valence electrons. The number of azo groups is 2. The van der Waals surface area contributed by atoms with Crippen LogP contribution in [0.2, 0.25) is 0 Å². The Labute approximate surface area is 319 Å². The highest BCUT2D eigenvalue weighted by molar-refractivity contribution is 9.11. The fourth-order valence-corrected chi connectivity index (χ4v) is 6.05. The fourth-order valence-electron chi connectivity index (χ4n) is 5.40. The van der Waals surface area contributed by atoms with Crippen molar-refractivity contribution >= 4 is 54.8 Å². The third-order valence-electron chi connectivity index (χ3n) is 8.27. The predicted octanol–water partition coefficient (Wildman–Crippen LogP) is 14.0. The van der Waals surface area contributed by atoms with Crippen LogP contribution in [0.5, 0.6) is 11.5 Å². The summed E-state index contributed by atoms with van der Waals surface area (Å²) in [4.78, 5) is 26.5. The number of hydrogen-bond donors (Lipinski definition) is 0. The average molecular weight is 817 g/mol. The van der Waals surface area contributed by atoms with Crippen LogP contribution >= 0.6 is 31.9 Å². The lowest BCUT2D eigenvalue weighted by Gasteiger charge is -2.31. The van der Waals surface area contributed by atoms with Crippen molar-refractivity contribution in [3.05, 3.63) is 115 Å². The second-order valence-electron chi connectivity index (χ2n) is 16.9. The topological polar surface area (TPSA) is 92.8 Å². The third kappa shape index (κ3) is 10.2. The van der Waals surface area contributed by atoms with Crippen molar-refractivity contribution in [2.24, 2.45) is 42.1 Å². The van der Waals surface area contributed by atoms with Gasteiger partial charge in [-0.1, -0.05) is 83.1 Å². The molecule has 0 unspecified atom stereocenters. The maximum absolute atomic E-state index is 13.3. The molecule has 0 aromatic heterocycles. The minimum Gasteiger partial charge on any atom is -0.457 e. The number of halogens is 2. The number of nitrogens with zero attached hydrogens (tertiary/aromatic N) is 4. The van der Waals surface area contributed by atoms with Crippen LogP contribution in [0.3, 0.4) is 0 Å². The van der Waals surface area contributed by atoms with E-state index in [9.17, 15) is 9.59 Å². The summed E-state index contributed by atoms with van der Waals surface area (Å²) in [6, 6.07) is 11.0. The molecule has 2 aromatic rings. The Morgan fingerprint density at radius 1 is 0.510 bits per heavy atom. The first-order chi connectivity index (χ1) is 23.4. The lowest BCUT2D eigenvalue weighted by Crippen LogP contribution is -2.27. The second-order valence-corrected chi connectivity index (χ2v) is 18.6. The number of benzene rings is 2. The minimum absolute atomic E-state index is 0.0758. The van der Waals surface area contributed by atoms with Crippen molar-refractivity contribution in [1.82, 2.24) is 0 Å². The molecule has 9 heteroatoms. The molecule has 0 radical (unpaired) electrons. The van der Waals surface area contributed by atoms with Gasteiger partial charge in [-0.3, -0.25) is 9.59 Å². The van der Waals surface area contributed by atoms with Crippen LogP contribution in [0.15, 0.2) is 136 Å². The zero-order valence-electron chi connectivity index (χ0n) is 31.7. The highest BCUT2D eigenvalue weighted by Crippen LogP contribution is 2.41. The molecule has 0 saturated carbocycles. The number of allylic oxidation sites excluding steroid dienone is 10. The number of ketones is 2. The van der Waals surface area contributed by atoms with Gasteiger partial charge >= 0.3 is 0 Å². The van der Waals surface area contributed by atoms with Gasteiger partial charge in [-0.05, 0) is 113 Å². The normalized spacial score (nSPS) is 16.4. The number of ether oxygens (including phenoxy) is 1. The van der Waals surface area contributed by atoms with Crippen LogP contribution in [0.25, 0.3) is 0 Å². The van der Waals surface area contributed by atoms with E-state index in [4.69, 9.17) is 4.74 Å². The molecule has 7 nitrogen and oxygen atoms in total. The van der Waals surface area contributed by atoms with Crippen molar-refractivity contribution in [2.45, 2.75) is 83.1 Å². The molecule has 0 fully saturated rings. The van der Waals surface area contributed by atoms with Crippen LogP contribution in [0.4, 0.5) is 11.4 Å². The van der Waals surface area contributed by atoms with Crippen LogP contribution in [0.1, 0.15) is 83.1 Å². The first-order valence-electron chi connectivity index (χ1n) is 16.9. The molecular formula is C42H48Br2N4O3. The summed E-state index contributed by atoms with van der Waals surface area (Å²) < 4.78 is 7.71. The summed E-state index contributed by atoms with van der Waals surface area (Å²) in [6.45, 7) is 24.5. The van der Waals surface area contributed by atoms with Gasteiger partial charge in [-0.25, -0.2) is 0 Å². The molecular weight excluding hydrogens is 768 g/mol. The van der Waals surface area contributed by atoms with Crippen LogP contribution in [-0.2, 0) is 9.59 Å². The number of rotatable bonds is 6. The average Bonchev–Trinajstić information content (AvgIpc) is 2.99. The van der Waals surface area contributed by atoms with Crippen molar-refractivity contribution in [3.63, 3.8) is 0 Å². The summed E-state index contributed by atoms with van der Waals surface area (Å²) in [5.74, 6) is 1.28. The molecule has 2 aliphatic rings. The highest BCUT2D eigenvalue weighted by atomic mass is 79.9. The van der Waals surface area contributed by atoms with Crippen molar-refractivity contribution in [3.8, 4) is 11.5 Å². The van der Waals surface area contributed by atoms with E-state index in [1.54, 1.807) is 24.5 Å². The Bertz CT molecular complexity index is 1780. The van der Waals surface area contributed by atoms with E-state index >= 15 is 0 Å². The smallest absolute Gasteiger partial charge is 0.186 e. The number of Topliss-reactive ketones (excluding diaryl/α,β-unsaturated/α-hetero) is 2. The van der Waals surface area contributed by atoms with Gasteiger partial charge in [0.1, 0.15) is 22.9 Å². The lowest BCUT2D eigenvalue weighted by molar-refractivity contribution is -0.114. The van der Waals surface area contributed by atoms with Crippen LogP contribution in [0, 0.1) is 21.7 Å². The third-order valence-corrected chi connectivity index (χ3v) is 9.61. The quantitative estimate of drug-likeness (QED) is 0.272. The SMILES string of the molecule is CC(C)(C)C1=CC(=CN=Nc2cc(Oc3ccc(Br)c(N=NC=C4C=C(C(C)(C)C)C(=O)C(C(C)(C)C)=C4)c3)ccc2Br)C=C(C(C)(C)C)C1=O. The Morgan fingerprint density at radius 3 is 1.08 bits per heavy atom. The van der Waals surface area contributed by atoms with Crippen molar-refractivity contribution in [1.29, 1.82) is 0 Å². The predicted molar refractivity (Wildman–Crippen MR) is 214 cm³/mol. The molecule has 2 aliphatic carbocycles. The van der Waals surface area contributed by atoms with E-state index in [2.05, 4.69) is 52.3 Å². The zero-order valence-corrected chi connectivity index (χ0v) is 34.9. The van der Waals surface area contributed by atoms with Crippen molar-refractivity contribution in [2.75, 3.05) is 0 Å². The van der Waals surface area contributed by atoms with E-state index in [0.29, 0.717) is 22.9 Å². The molecule has 0 aliphatic heterocycles. The van der Waals surface area contributed by atoms with Gasteiger partial charge in [0.25, 0.3) is 0 Å². The lowest BCUT2D eigenvalue weighted by atomic mass is 9.72. The maximum atomic E-state index is 13.3. The molecule has 0 spiro atoms. The van der Waals surface area contributed by atoms with Gasteiger partial charge < -0.3 is 4.74 Å². The molecule has 0 N–H and O–H groups in total. The summed E-state index contributed by atoms with van der Waals surface area (Å²) in [5, 5.41) is 17.7. The van der Waals surface area contributed by atoms with Gasteiger partial charge in [0, 0.05) is 43.4 Å². The van der Waals surface area contributed by atoms with E-state index < -0.39 is 0 Å². The first-order valence-corrected chi connectivity index (χ1v) is 18.5. The largest absolute Gasteiger partial charge is 0.457 e. The summed E-state index contributed by atoms with van der Waals surface area (Å²) >= 11 is 7.14. The number of carbonyl (C=O) groups is 2. The first kappa shape index (κ1) is 40.0. The van der Waals surface area contributed by atoms with Gasteiger partial charge in [0.2, 0.25) is 0 Å². The molecule has 0 heterocycles. The van der Waals surface area contributed by atoms with E-state index in [0.717, 1.165) is 42.4 Å². The molecule has 0 amide bonds. The van der Waals surface area contributed by atoms with Gasteiger partial charge in [-0.2, -0.15) is 10.2 Å². The molecule has 2 aromatic carbocycles. The minimum atomic E-state index is -0.309. The van der Waals surface area contributed by atoms with Gasteiger partial charge in [0.05, 0.1) is 12.4 Å². The Balaban J connectivity index is 1.58. The summed E-state index contributed by atoms with van der Waals surface area (Å²) in [5.41, 5.74) is 4.56. The van der Waals surface area contributed by atoms with E-state index in [1.165, 1.54) is 0 Å². The highest BCUT2D eigenvalue weighted by Gasteiger charge is 2.35. The van der Waals surface area contributed by atoms with E-state index in [1.807, 2.05) is 132 Å². The maximum Gasteiger partial charge on any atom is 0.186 e. The molecule has 0 saturated heterocycles. The summed E-state index contributed by atoms with van der Waals surface area (Å²) in [6.07, 6.45) is 11.0. The Morgan fingerprint density at radius 2 is 0.804 bits per heavy atom. The number of carbonyl (C=O) groups excluding carboxylic acids is 2. The molecule has 4 rings (SSSR count).